The van der Waals surface area contributed by atoms with E-state index in [0.29, 0.717) is 37.7 Å². The number of carbonyl (C=O) groups excluding carboxylic acids is 2. The first kappa shape index (κ1) is 22.1. The number of nitrogens with zero attached hydrogens (tertiary/aromatic N) is 4. The van der Waals surface area contributed by atoms with Gasteiger partial charge in [0.2, 0.25) is 5.91 Å². The first-order valence-corrected chi connectivity index (χ1v) is 10.9. The Morgan fingerprint density at radius 3 is 2.34 bits per heavy atom. The van der Waals surface area contributed by atoms with Gasteiger partial charge in [-0.25, -0.2) is 13.8 Å². The zero-order valence-corrected chi connectivity index (χ0v) is 18.1. The number of hydrogen-bond acceptors (Lipinski definition) is 5. The van der Waals surface area contributed by atoms with Gasteiger partial charge in [0.25, 0.3) is 5.91 Å². The summed E-state index contributed by atoms with van der Waals surface area (Å²) in [5, 5.41) is 2.91. The maximum absolute atomic E-state index is 13.9. The van der Waals surface area contributed by atoms with E-state index in [1.165, 1.54) is 4.90 Å². The minimum atomic E-state index is -0.873. The fourth-order valence-corrected chi connectivity index (χ4v) is 4.10. The van der Waals surface area contributed by atoms with Crippen LogP contribution in [0, 0.1) is 17.6 Å². The number of carbonyl (C=O) groups is 2. The van der Waals surface area contributed by atoms with E-state index in [9.17, 15) is 18.4 Å². The van der Waals surface area contributed by atoms with Gasteiger partial charge in [0, 0.05) is 51.3 Å². The van der Waals surface area contributed by atoms with E-state index in [1.807, 2.05) is 12.1 Å². The monoisotopic (exact) mass is 443 g/mol. The zero-order chi connectivity index (χ0) is 22.7. The smallest absolute Gasteiger partial charge is 0.256 e. The largest absolute Gasteiger partial charge is 0.354 e. The maximum Gasteiger partial charge on any atom is 0.256 e. The molecular formula is C23H27F2N5O2. The lowest BCUT2D eigenvalue weighted by atomic mass is 9.95. The Morgan fingerprint density at radius 1 is 1.00 bits per heavy atom. The van der Waals surface area contributed by atoms with Crippen LogP contribution in [0.3, 0.4) is 0 Å². The van der Waals surface area contributed by atoms with Gasteiger partial charge in [0.15, 0.2) is 0 Å². The number of piperidine rings is 1. The molecule has 0 bridgehead atoms. The number of anilines is 2. The zero-order valence-electron chi connectivity index (χ0n) is 18.1. The van der Waals surface area contributed by atoms with Crippen LogP contribution in [0.2, 0.25) is 0 Å². The molecular weight excluding hydrogens is 416 g/mol. The van der Waals surface area contributed by atoms with Crippen LogP contribution in [0.15, 0.2) is 36.5 Å². The summed E-state index contributed by atoms with van der Waals surface area (Å²) >= 11 is 0. The molecule has 2 aliphatic rings. The molecule has 3 heterocycles. The summed E-state index contributed by atoms with van der Waals surface area (Å²) in [5.41, 5.74) is 0.487. The van der Waals surface area contributed by atoms with Crippen LogP contribution in [0.25, 0.3) is 0 Å². The summed E-state index contributed by atoms with van der Waals surface area (Å²) in [6.45, 7) is 4.52. The van der Waals surface area contributed by atoms with E-state index < -0.39 is 17.5 Å². The standard InChI is InChI=1S/C23H27F2N5O2/c1-28-10-12-29(13-11-28)21-5-3-18(15-26-21)27-22(31)16-6-8-30(9-7-16)23(32)19-4-2-17(24)14-20(19)25/h2-5,14-16H,6-13H2,1H3,(H,27,31). The number of amides is 2. The molecule has 0 unspecified atom stereocenters. The average molecular weight is 443 g/mol. The normalized spacial score (nSPS) is 18.0. The van der Waals surface area contributed by atoms with Crippen molar-refractivity contribution in [2.45, 2.75) is 12.8 Å². The number of aromatic nitrogens is 1. The third-order valence-electron chi connectivity index (χ3n) is 6.16. The van der Waals surface area contributed by atoms with Crippen molar-refractivity contribution in [1.29, 1.82) is 0 Å². The van der Waals surface area contributed by atoms with E-state index in [4.69, 9.17) is 0 Å². The number of likely N-dealkylation sites (N-methyl/N-ethyl adjacent to an activating group) is 1. The summed E-state index contributed by atoms with van der Waals surface area (Å²) in [6, 6.07) is 6.70. The first-order valence-electron chi connectivity index (χ1n) is 10.9. The Balaban J connectivity index is 1.28. The molecule has 0 atom stereocenters. The Hall–Kier alpha value is -3.07. The minimum absolute atomic E-state index is 0.112. The molecule has 4 rings (SSSR count). The molecule has 32 heavy (non-hydrogen) atoms. The van der Waals surface area contributed by atoms with Gasteiger partial charge in [-0.1, -0.05) is 0 Å². The van der Waals surface area contributed by atoms with Crippen molar-refractivity contribution in [2.24, 2.45) is 5.92 Å². The highest BCUT2D eigenvalue weighted by molar-refractivity contribution is 5.95. The number of pyridine rings is 1. The van der Waals surface area contributed by atoms with Crippen molar-refractivity contribution in [3.63, 3.8) is 0 Å². The summed E-state index contributed by atoms with van der Waals surface area (Å²) < 4.78 is 27.0. The fraction of sp³-hybridized carbons (Fsp3) is 0.435. The van der Waals surface area contributed by atoms with Gasteiger partial charge in [0.1, 0.15) is 17.5 Å². The van der Waals surface area contributed by atoms with Crippen LogP contribution < -0.4 is 10.2 Å². The number of benzene rings is 1. The number of hydrogen-bond donors (Lipinski definition) is 1. The SMILES string of the molecule is CN1CCN(c2ccc(NC(=O)C3CCN(C(=O)c4ccc(F)cc4F)CC3)cn2)CC1. The van der Waals surface area contributed by atoms with E-state index in [0.717, 1.165) is 44.1 Å². The number of nitrogens with one attached hydrogen (secondary N) is 1. The highest BCUT2D eigenvalue weighted by Crippen LogP contribution is 2.23. The van der Waals surface area contributed by atoms with E-state index in [2.05, 4.69) is 27.1 Å². The van der Waals surface area contributed by atoms with Crippen molar-refractivity contribution in [2.75, 3.05) is 56.5 Å². The van der Waals surface area contributed by atoms with Crippen LogP contribution in [-0.4, -0.2) is 72.9 Å². The van der Waals surface area contributed by atoms with Gasteiger partial charge >= 0.3 is 0 Å². The van der Waals surface area contributed by atoms with Crippen LogP contribution in [0.5, 0.6) is 0 Å². The molecule has 9 heteroatoms. The number of piperazine rings is 1. The van der Waals surface area contributed by atoms with Crippen molar-refractivity contribution < 1.29 is 18.4 Å². The number of likely N-dealkylation sites (tertiary alicyclic amines) is 1. The molecule has 0 radical (unpaired) electrons. The molecule has 170 valence electrons. The summed E-state index contributed by atoms with van der Waals surface area (Å²) in [5.74, 6) is -1.53. The molecule has 2 fully saturated rings. The van der Waals surface area contributed by atoms with E-state index in [-0.39, 0.29) is 17.4 Å². The molecule has 2 aliphatic heterocycles. The van der Waals surface area contributed by atoms with Crippen LogP contribution in [-0.2, 0) is 4.79 Å². The second-order valence-electron chi connectivity index (χ2n) is 8.38. The number of halogens is 2. The second-order valence-corrected chi connectivity index (χ2v) is 8.38. The molecule has 0 aliphatic carbocycles. The van der Waals surface area contributed by atoms with Gasteiger partial charge in [-0.2, -0.15) is 0 Å². The molecule has 1 aromatic carbocycles. The second kappa shape index (κ2) is 9.60. The molecule has 2 amide bonds. The Kier molecular flexibility index (Phi) is 6.64. The molecule has 1 aromatic heterocycles. The van der Waals surface area contributed by atoms with Crippen LogP contribution in [0.4, 0.5) is 20.3 Å². The Bertz CT molecular complexity index is 969. The number of rotatable bonds is 4. The highest BCUT2D eigenvalue weighted by atomic mass is 19.1. The summed E-state index contributed by atoms with van der Waals surface area (Å²) in [7, 11) is 2.10. The van der Waals surface area contributed by atoms with E-state index in [1.54, 1.807) is 6.20 Å². The molecule has 1 N–H and O–H groups in total. The third kappa shape index (κ3) is 5.04. The third-order valence-corrected chi connectivity index (χ3v) is 6.16. The Morgan fingerprint density at radius 2 is 1.72 bits per heavy atom. The highest BCUT2D eigenvalue weighted by Gasteiger charge is 2.29. The van der Waals surface area contributed by atoms with Crippen LogP contribution in [0.1, 0.15) is 23.2 Å². The topological polar surface area (TPSA) is 68.8 Å². The average Bonchev–Trinajstić information content (AvgIpc) is 2.80. The van der Waals surface area contributed by atoms with E-state index >= 15 is 0 Å². The molecule has 7 nitrogen and oxygen atoms in total. The molecule has 0 spiro atoms. The maximum atomic E-state index is 13.9. The van der Waals surface area contributed by atoms with Gasteiger partial charge < -0.3 is 20.0 Å². The van der Waals surface area contributed by atoms with Crippen LogP contribution >= 0.6 is 0 Å². The van der Waals surface area contributed by atoms with Crippen molar-refractivity contribution >= 4 is 23.3 Å². The first-order chi connectivity index (χ1) is 15.4. The lowest BCUT2D eigenvalue weighted by Crippen LogP contribution is -2.44. The Labute approximate surface area is 186 Å². The van der Waals surface area contributed by atoms with Crippen molar-refractivity contribution in [3.8, 4) is 0 Å². The van der Waals surface area contributed by atoms with Gasteiger partial charge in [0.05, 0.1) is 17.4 Å². The summed E-state index contributed by atoms with van der Waals surface area (Å²) in [6.07, 6.45) is 2.63. The van der Waals surface area contributed by atoms with Crippen molar-refractivity contribution in [3.05, 3.63) is 53.7 Å². The quantitative estimate of drug-likeness (QED) is 0.787. The van der Waals surface area contributed by atoms with Gasteiger partial charge in [-0.3, -0.25) is 9.59 Å². The summed E-state index contributed by atoms with van der Waals surface area (Å²) in [4.78, 5) is 35.7. The lowest BCUT2D eigenvalue weighted by Gasteiger charge is -2.33. The van der Waals surface area contributed by atoms with Crippen molar-refractivity contribution in [1.82, 2.24) is 14.8 Å². The molecule has 0 saturated carbocycles. The van der Waals surface area contributed by atoms with Gasteiger partial charge in [-0.15, -0.1) is 0 Å². The minimum Gasteiger partial charge on any atom is -0.354 e. The molecule has 2 saturated heterocycles. The lowest BCUT2D eigenvalue weighted by molar-refractivity contribution is -0.121. The molecule has 2 aromatic rings. The van der Waals surface area contributed by atoms with Gasteiger partial charge in [-0.05, 0) is 44.2 Å². The predicted molar refractivity (Wildman–Crippen MR) is 118 cm³/mol. The predicted octanol–water partition coefficient (Wildman–Crippen LogP) is 2.60. The fourth-order valence-electron chi connectivity index (χ4n) is 4.10.